The predicted octanol–water partition coefficient (Wildman–Crippen LogP) is 1.16. The van der Waals surface area contributed by atoms with Crippen LogP contribution in [-0.4, -0.2) is 141 Å². The number of amides is 4. The molecule has 0 saturated carbocycles. The van der Waals surface area contributed by atoms with E-state index in [4.69, 9.17) is 29.2 Å². The van der Waals surface area contributed by atoms with Crippen molar-refractivity contribution in [3.05, 3.63) is 41.3 Å². The highest BCUT2D eigenvalue weighted by atomic mass is 16.6. The Morgan fingerprint density at radius 2 is 1.33 bits per heavy atom. The van der Waals surface area contributed by atoms with Crippen molar-refractivity contribution in [2.75, 3.05) is 77.8 Å². The number of aromatic nitrogens is 1. The van der Waals surface area contributed by atoms with E-state index < -0.39 is 42.4 Å². The molecule has 0 aliphatic carbocycles. The lowest BCUT2D eigenvalue weighted by molar-refractivity contribution is -0.140. The first-order valence-corrected chi connectivity index (χ1v) is 17.6. The number of nitrogens with one attached hydrogen (secondary N) is 5. The van der Waals surface area contributed by atoms with Crippen LogP contribution >= 0.6 is 0 Å². The summed E-state index contributed by atoms with van der Waals surface area (Å²) >= 11 is 0. The van der Waals surface area contributed by atoms with Crippen molar-refractivity contribution < 1.29 is 63.0 Å². The third-order valence-electron chi connectivity index (χ3n) is 7.02. The Morgan fingerprint density at radius 1 is 0.741 bits per heavy atom. The average Bonchev–Trinajstić information content (AvgIpc) is 3.12. The molecular weight excluding hydrogens is 712 g/mol. The number of carbonyl (C=O) groups excluding carboxylic acids is 3. The van der Waals surface area contributed by atoms with Gasteiger partial charge in [0, 0.05) is 38.7 Å². The van der Waals surface area contributed by atoms with E-state index in [-0.39, 0.29) is 50.8 Å². The molecule has 0 saturated heterocycles. The maximum absolute atomic E-state index is 12.3. The number of rotatable bonds is 31. The number of hydrogen-bond acceptors (Lipinski definition) is 12. The number of carboxylic acid groups (broad SMARTS) is 3. The SMILES string of the molecule is CC(C)=C=CCNc1ccc(C(=O)NCCOCCOCCOCCOCCC(=O)NCCCCC(NC(=O)NC(CCC(=O)O)C(=O)O)C(=O)O)cn1. The van der Waals surface area contributed by atoms with Crippen molar-refractivity contribution >= 4 is 41.6 Å². The van der Waals surface area contributed by atoms with Crippen molar-refractivity contribution in [1.82, 2.24) is 26.3 Å². The fraction of sp³-hybridized carbons (Fsp3) is 0.600. The minimum atomic E-state index is -1.49. The maximum Gasteiger partial charge on any atom is 0.326 e. The molecule has 0 fully saturated rings. The molecule has 1 aromatic rings. The smallest absolute Gasteiger partial charge is 0.326 e. The van der Waals surface area contributed by atoms with E-state index in [9.17, 15) is 33.9 Å². The van der Waals surface area contributed by atoms with Crippen LogP contribution in [-0.2, 0) is 38.1 Å². The molecule has 0 aliphatic rings. The number of nitrogens with zero attached hydrogens (tertiary/aromatic N) is 1. The van der Waals surface area contributed by atoms with Crippen molar-refractivity contribution in [3.8, 4) is 0 Å². The summed E-state index contributed by atoms with van der Waals surface area (Å²) in [5, 5.41) is 40.0. The maximum atomic E-state index is 12.3. The predicted molar refractivity (Wildman–Crippen MR) is 194 cm³/mol. The molecule has 2 atom stereocenters. The highest BCUT2D eigenvalue weighted by molar-refractivity contribution is 5.94. The molecule has 0 aliphatic heterocycles. The Balaban J connectivity index is 1.98. The molecule has 0 bridgehead atoms. The summed E-state index contributed by atoms with van der Waals surface area (Å²) in [6.45, 7) is 7.70. The van der Waals surface area contributed by atoms with Crippen LogP contribution in [0.15, 0.2) is 35.7 Å². The Hall–Kier alpha value is -5.07. The fourth-order valence-electron chi connectivity index (χ4n) is 4.24. The largest absolute Gasteiger partial charge is 0.481 e. The summed E-state index contributed by atoms with van der Waals surface area (Å²) in [6, 6.07) is -0.397. The molecule has 54 heavy (non-hydrogen) atoms. The Labute approximate surface area is 314 Å². The normalized spacial score (nSPS) is 11.7. The first-order chi connectivity index (χ1) is 25.9. The number of ether oxygens (including phenoxy) is 4. The van der Waals surface area contributed by atoms with Gasteiger partial charge in [0.05, 0.1) is 58.4 Å². The zero-order valence-electron chi connectivity index (χ0n) is 30.9. The van der Waals surface area contributed by atoms with E-state index in [1.54, 1.807) is 12.1 Å². The van der Waals surface area contributed by atoms with E-state index in [1.807, 2.05) is 19.9 Å². The van der Waals surface area contributed by atoms with Gasteiger partial charge >= 0.3 is 23.9 Å². The summed E-state index contributed by atoms with van der Waals surface area (Å²) in [5.41, 5.74) is 4.63. The van der Waals surface area contributed by atoms with Crippen molar-refractivity contribution in [1.29, 1.82) is 0 Å². The van der Waals surface area contributed by atoms with Crippen LogP contribution in [0.1, 0.15) is 62.7 Å². The highest BCUT2D eigenvalue weighted by Gasteiger charge is 2.24. The third-order valence-corrected chi connectivity index (χ3v) is 7.02. The van der Waals surface area contributed by atoms with Crippen LogP contribution in [0.25, 0.3) is 0 Å². The second kappa shape index (κ2) is 29.4. The second-order valence-corrected chi connectivity index (χ2v) is 11.8. The number of urea groups is 1. The molecule has 1 aromatic heterocycles. The van der Waals surface area contributed by atoms with Crippen LogP contribution < -0.4 is 26.6 Å². The topological polar surface area (TPSA) is 273 Å². The molecule has 1 heterocycles. The van der Waals surface area contributed by atoms with Gasteiger partial charge in [-0.15, -0.1) is 5.73 Å². The lowest BCUT2D eigenvalue weighted by Crippen LogP contribution is -2.51. The number of anilines is 1. The lowest BCUT2D eigenvalue weighted by Gasteiger charge is -2.18. The van der Waals surface area contributed by atoms with Gasteiger partial charge in [0.2, 0.25) is 5.91 Å². The Bertz CT molecular complexity index is 1370. The van der Waals surface area contributed by atoms with Gasteiger partial charge in [0.1, 0.15) is 17.9 Å². The van der Waals surface area contributed by atoms with E-state index in [0.29, 0.717) is 77.0 Å². The summed E-state index contributed by atoms with van der Waals surface area (Å²) in [4.78, 5) is 73.9. The Kier molecular flexibility index (Phi) is 25.6. The number of carboxylic acids is 3. The van der Waals surface area contributed by atoms with Crippen LogP contribution in [0, 0.1) is 0 Å². The van der Waals surface area contributed by atoms with Gasteiger partial charge in [-0.3, -0.25) is 14.4 Å². The first kappa shape index (κ1) is 47.0. The molecule has 8 N–H and O–H groups in total. The van der Waals surface area contributed by atoms with Crippen molar-refractivity contribution in [2.24, 2.45) is 0 Å². The summed E-state index contributed by atoms with van der Waals surface area (Å²) in [5.74, 6) is -3.83. The van der Waals surface area contributed by atoms with E-state index in [2.05, 4.69) is 37.3 Å². The minimum Gasteiger partial charge on any atom is -0.481 e. The quantitative estimate of drug-likeness (QED) is 0.0389. The Morgan fingerprint density at radius 3 is 1.89 bits per heavy atom. The van der Waals surface area contributed by atoms with Gasteiger partial charge in [0.15, 0.2) is 0 Å². The van der Waals surface area contributed by atoms with Crippen molar-refractivity contribution in [2.45, 2.75) is 64.5 Å². The van der Waals surface area contributed by atoms with E-state index in [1.165, 1.54) is 6.20 Å². The van der Waals surface area contributed by atoms with Crippen LogP contribution in [0.5, 0.6) is 0 Å². The van der Waals surface area contributed by atoms with E-state index in [0.717, 1.165) is 5.57 Å². The average molecular weight is 767 g/mol. The second-order valence-electron chi connectivity index (χ2n) is 11.8. The van der Waals surface area contributed by atoms with Gasteiger partial charge in [-0.25, -0.2) is 19.4 Å². The monoisotopic (exact) mass is 766 g/mol. The number of hydrogen-bond donors (Lipinski definition) is 8. The molecule has 1 rings (SSSR count). The number of carbonyl (C=O) groups is 6. The van der Waals surface area contributed by atoms with Crippen LogP contribution in [0.4, 0.5) is 10.6 Å². The number of pyridine rings is 1. The summed E-state index contributed by atoms with van der Waals surface area (Å²) in [7, 11) is 0. The fourth-order valence-corrected chi connectivity index (χ4v) is 4.24. The molecule has 19 nitrogen and oxygen atoms in total. The first-order valence-electron chi connectivity index (χ1n) is 17.6. The molecule has 2 unspecified atom stereocenters. The molecule has 4 amide bonds. The molecular formula is C35H54N6O13. The minimum absolute atomic E-state index is 0.0263. The zero-order valence-corrected chi connectivity index (χ0v) is 30.9. The van der Waals surface area contributed by atoms with Crippen LogP contribution in [0.2, 0.25) is 0 Å². The third kappa shape index (κ3) is 25.0. The van der Waals surface area contributed by atoms with Crippen molar-refractivity contribution in [3.63, 3.8) is 0 Å². The van der Waals surface area contributed by atoms with Gasteiger partial charge in [-0.2, -0.15) is 0 Å². The van der Waals surface area contributed by atoms with Gasteiger partial charge in [-0.05, 0) is 63.3 Å². The van der Waals surface area contributed by atoms with Crippen LogP contribution in [0.3, 0.4) is 0 Å². The van der Waals surface area contributed by atoms with Gasteiger partial charge in [0.25, 0.3) is 5.91 Å². The molecule has 0 radical (unpaired) electrons. The molecule has 0 spiro atoms. The number of unbranched alkanes of at least 4 members (excludes halogenated alkanes) is 1. The zero-order chi connectivity index (χ0) is 40.0. The highest BCUT2D eigenvalue weighted by Crippen LogP contribution is 2.05. The molecule has 0 aromatic carbocycles. The molecule has 19 heteroatoms. The number of aliphatic carboxylic acids is 3. The van der Waals surface area contributed by atoms with Gasteiger partial charge in [-0.1, -0.05) is 0 Å². The standard InChI is InChI=1S/C35H54N6O13/c1-25(2)6-5-14-36-29-10-8-26(24-39-29)32(45)38-15-17-52-19-21-54-23-22-53-20-18-51-16-12-30(42)37-13-4-3-7-27(33(46)47)40-35(50)41-28(34(48)49)9-11-31(43)44/h5,8,10,24,27-28H,3-4,7,9,11-23H2,1-2H3,(H,36,39)(H,37,42)(H,38,45)(H,43,44)(H,46,47)(H,48,49)(H2,40,41,50). The summed E-state index contributed by atoms with van der Waals surface area (Å²) in [6.07, 6.45) is 3.45. The summed E-state index contributed by atoms with van der Waals surface area (Å²) < 4.78 is 21.7. The van der Waals surface area contributed by atoms with E-state index >= 15 is 0 Å². The lowest BCUT2D eigenvalue weighted by atomic mass is 10.1. The van der Waals surface area contributed by atoms with Gasteiger partial charge < -0.3 is 60.9 Å². The molecule has 302 valence electrons.